The molecule has 2 aromatic rings. The van der Waals surface area contributed by atoms with Crippen LogP contribution >= 0.6 is 39.3 Å². The number of rotatable bonds is 14. The molecule has 2 bridgehead atoms. The van der Waals surface area contributed by atoms with Crippen LogP contribution in [0, 0.1) is 24.7 Å². The summed E-state index contributed by atoms with van der Waals surface area (Å²) < 4.78 is 4.71. The third-order valence-electron chi connectivity index (χ3n) is 10.2. The van der Waals surface area contributed by atoms with Crippen molar-refractivity contribution in [1.82, 2.24) is 4.90 Å². The molecule has 3 fully saturated rings. The van der Waals surface area contributed by atoms with E-state index in [1.54, 1.807) is 44.7 Å². The van der Waals surface area contributed by atoms with Crippen LogP contribution in [0.4, 0.5) is 11.4 Å². The van der Waals surface area contributed by atoms with Crippen LogP contribution in [0.1, 0.15) is 39.2 Å². The zero-order valence-electron chi connectivity index (χ0n) is 28.0. The Kier molecular flexibility index (Phi) is 11.4. The summed E-state index contributed by atoms with van der Waals surface area (Å²) in [5, 5.41) is 11.0. The largest absolute Gasteiger partial charge is 0.494 e. The summed E-state index contributed by atoms with van der Waals surface area (Å²) in [5.74, 6) is -1.63. The number of thioether (sulfide) groups is 1. The number of aliphatic hydroxyl groups excluding tert-OH is 1. The molecule has 3 aliphatic rings. The van der Waals surface area contributed by atoms with Crippen molar-refractivity contribution in [2.45, 2.75) is 67.4 Å². The minimum absolute atomic E-state index is 0.100. The zero-order chi connectivity index (χ0) is 34.9. The molecule has 5 rings (SSSR count). The number of hydrogen-bond donors (Lipinski definition) is 1. The maximum absolute atomic E-state index is 15.2. The molecular weight excluding hydrogens is 714 g/mol. The molecular formula is C37H45BrClN3O5S. The summed E-state index contributed by atoms with van der Waals surface area (Å²) in [6.45, 7) is 16.3. The van der Waals surface area contributed by atoms with E-state index in [4.69, 9.17) is 16.3 Å². The second-order valence-corrected chi connectivity index (χ2v) is 16.0. The first-order valence-corrected chi connectivity index (χ1v) is 18.8. The van der Waals surface area contributed by atoms with Gasteiger partial charge in [0, 0.05) is 28.9 Å². The van der Waals surface area contributed by atoms with Gasteiger partial charge in [0.25, 0.3) is 5.91 Å². The number of hydrogen-bond acceptors (Lipinski definition) is 6. The van der Waals surface area contributed by atoms with Crippen LogP contribution in [0.5, 0.6) is 5.75 Å². The Morgan fingerprint density at radius 1 is 1.15 bits per heavy atom. The summed E-state index contributed by atoms with van der Waals surface area (Å²) >= 11 is 12.2. The quantitative estimate of drug-likeness (QED) is 0.171. The molecule has 3 aliphatic heterocycles. The second-order valence-electron chi connectivity index (χ2n) is 12.9. The predicted molar refractivity (Wildman–Crippen MR) is 198 cm³/mol. The summed E-state index contributed by atoms with van der Waals surface area (Å²) in [7, 11) is 0. The van der Waals surface area contributed by atoms with Gasteiger partial charge in [-0.3, -0.25) is 14.4 Å². The van der Waals surface area contributed by atoms with Crippen molar-refractivity contribution in [2.24, 2.45) is 17.8 Å². The van der Waals surface area contributed by atoms with Crippen LogP contribution in [0.25, 0.3) is 0 Å². The van der Waals surface area contributed by atoms with Gasteiger partial charge in [-0.25, -0.2) is 0 Å². The first kappa shape index (κ1) is 36.5. The van der Waals surface area contributed by atoms with Crippen molar-refractivity contribution >= 4 is 68.4 Å². The molecule has 8 nitrogen and oxygen atoms in total. The number of alkyl halides is 1. The number of carbonyl (C=O) groups is 3. The smallest absolute Gasteiger partial charge is 0.251 e. The lowest BCUT2D eigenvalue weighted by Crippen LogP contribution is -2.59. The topological polar surface area (TPSA) is 90.4 Å². The van der Waals surface area contributed by atoms with Crippen LogP contribution in [0.15, 0.2) is 67.8 Å². The lowest BCUT2D eigenvalue weighted by atomic mass is 9.70. The Hall–Kier alpha value is -2.79. The average molecular weight is 759 g/mol. The van der Waals surface area contributed by atoms with Crippen molar-refractivity contribution in [3.63, 3.8) is 0 Å². The minimum atomic E-state index is -0.942. The van der Waals surface area contributed by atoms with E-state index in [2.05, 4.69) is 29.1 Å². The van der Waals surface area contributed by atoms with Crippen molar-refractivity contribution in [3.8, 4) is 5.75 Å². The monoisotopic (exact) mass is 757 g/mol. The van der Waals surface area contributed by atoms with Crippen LogP contribution in [-0.4, -0.2) is 80.9 Å². The van der Waals surface area contributed by atoms with Gasteiger partial charge in [0.05, 0.1) is 46.5 Å². The molecule has 0 saturated carbocycles. The standard InChI is InChI=1S/C37H45BrClN3O5S/c1-7-18-40(24-14-16-25(17-15-24)47-10-4)34(44)29-30-35(45)42(28(21-43)22(5)9-3)33(37(30)20-26(38)32(29)48-37)36(46)41(19-8-2)31-23(6)12-11-13-27(31)39/h7-8,11-17,22,26,28-30,32-33,43H,1-2,9-10,18-21H2,3-6H3/t22-,26?,28-,29-,30-,32-,33?,37?/m0/s1. The number of para-hydroxylation sites is 1. The van der Waals surface area contributed by atoms with E-state index in [0.29, 0.717) is 41.6 Å². The minimum Gasteiger partial charge on any atom is -0.494 e. The summed E-state index contributed by atoms with van der Waals surface area (Å²) in [6, 6.07) is 11.3. The Bertz CT molecular complexity index is 1540. The van der Waals surface area contributed by atoms with E-state index in [-0.39, 0.29) is 53.4 Å². The zero-order valence-corrected chi connectivity index (χ0v) is 31.1. The lowest BCUT2D eigenvalue weighted by molar-refractivity contribution is -0.143. The SMILES string of the molecule is C=CCN(C(=O)[C@H]1[C@H]2C(=O)N([C@@H](CO)[C@@H](C)CC)C(C(=O)N(CC=C)c3c(C)cccc3Cl)C23CC(Br)[C@@H]1S3)c1ccc(OCC)cc1. The fourth-order valence-corrected chi connectivity index (χ4v) is 11.8. The van der Waals surface area contributed by atoms with Gasteiger partial charge in [0.2, 0.25) is 11.8 Å². The third kappa shape index (κ3) is 6.11. The number of amides is 3. The number of aliphatic hydroxyl groups is 1. The van der Waals surface area contributed by atoms with Gasteiger partial charge >= 0.3 is 0 Å². The lowest BCUT2D eigenvalue weighted by Gasteiger charge is -2.41. The molecule has 3 saturated heterocycles. The van der Waals surface area contributed by atoms with Gasteiger partial charge in [-0.05, 0) is 62.1 Å². The van der Waals surface area contributed by atoms with E-state index in [9.17, 15) is 14.7 Å². The molecule has 1 N–H and O–H groups in total. The molecule has 0 aliphatic carbocycles. The number of ether oxygens (including phenoxy) is 1. The molecule has 0 radical (unpaired) electrons. The van der Waals surface area contributed by atoms with E-state index >= 15 is 4.79 Å². The van der Waals surface area contributed by atoms with Gasteiger partial charge in [0.15, 0.2) is 0 Å². The number of carbonyl (C=O) groups excluding carboxylic acids is 3. The molecule has 3 amide bonds. The average Bonchev–Trinajstić information content (AvgIpc) is 3.66. The van der Waals surface area contributed by atoms with Gasteiger partial charge in [-0.15, -0.1) is 24.9 Å². The summed E-state index contributed by atoms with van der Waals surface area (Å²) in [6.07, 6.45) is 4.53. The van der Waals surface area contributed by atoms with Crippen molar-refractivity contribution in [1.29, 1.82) is 0 Å². The molecule has 258 valence electrons. The molecule has 8 atom stereocenters. The van der Waals surface area contributed by atoms with E-state index < -0.39 is 28.7 Å². The highest BCUT2D eigenvalue weighted by molar-refractivity contribution is 9.09. The Balaban J connectivity index is 1.64. The van der Waals surface area contributed by atoms with Gasteiger partial charge in [-0.2, -0.15) is 0 Å². The van der Waals surface area contributed by atoms with Crippen LogP contribution in [0.2, 0.25) is 5.02 Å². The highest BCUT2D eigenvalue weighted by atomic mass is 79.9. The Morgan fingerprint density at radius 2 is 1.81 bits per heavy atom. The molecule has 3 unspecified atom stereocenters. The fourth-order valence-electron chi connectivity index (χ4n) is 7.85. The first-order chi connectivity index (χ1) is 23.0. The molecule has 1 spiro atoms. The number of halogens is 2. The van der Waals surface area contributed by atoms with Gasteiger partial charge in [-0.1, -0.05) is 72.1 Å². The van der Waals surface area contributed by atoms with Crippen LogP contribution in [-0.2, 0) is 14.4 Å². The number of benzene rings is 2. The van der Waals surface area contributed by atoms with Crippen molar-refractivity contribution in [2.75, 3.05) is 36.1 Å². The van der Waals surface area contributed by atoms with Crippen LogP contribution < -0.4 is 14.5 Å². The summed E-state index contributed by atoms with van der Waals surface area (Å²) in [4.78, 5) is 49.7. The van der Waals surface area contributed by atoms with Gasteiger partial charge in [0.1, 0.15) is 11.8 Å². The number of likely N-dealkylation sites (tertiary alicyclic amines) is 1. The van der Waals surface area contributed by atoms with Crippen molar-refractivity contribution < 1.29 is 24.2 Å². The number of fused-ring (bicyclic) bond motifs is 1. The van der Waals surface area contributed by atoms with E-state index in [1.807, 2.05) is 64.1 Å². The number of anilines is 2. The Labute approximate surface area is 301 Å². The predicted octanol–water partition coefficient (Wildman–Crippen LogP) is 6.66. The maximum atomic E-state index is 15.2. The normalized spacial score (nSPS) is 26.9. The highest BCUT2D eigenvalue weighted by Gasteiger charge is 2.76. The third-order valence-corrected chi connectivity index (χ3v) is 13.7. The number of aryl methyl sites for hydroxylation is 1. The van der Waals surface area contributed by atoms with Crippen LogP contribution in [0.3, 0.4) is 0 Å². The van der Waals surface area contributed by atoms with Gasteiger partial charge < -0.3 is 24.5 Å². The van der Waals surface area contributed by atoms with E-state index in [1.165, 1.54) is 0 Å². The fraction of sp³-hybridized carbons (Fsp3) is 0.486. The molecule has 11 heteroatoms. The first-order valence-electron chi connectivity index (χ1n) is 16.6. The Morgan fingerprint density at radius 3 is 2.40 bits per heavy atom. The maximum Gasteiger partial charge on any atom is 0.251 e. The molecule has 48 heavy (non-hydrogen) atoms. The second kappa shape index (κ2) is 15.0. The highest BCUT2D eigenvalue weighted by Crippen LogP contribution is 2.68. The van der Waals surface area contributed by atoms with Crippen molar-refractivity contribution in [3.05, 3.63) is 78.4 Å². The summed E-state index contributed by atoms with van der Waals surface area (Å²) in [5.41, 5.74) is 2.05. The molecule has 2 aromatic carbocycles. The molecule has 0 aromatic heterocycles. The number of nitrogens with zero attached hydrogens (tertiary/aromatic N) is 3. The molecule has 3 heterocycles. The van der Waals surface area contributed by atoms with E-state index in [0.717, 1.165) is 5.56 Å².